The summed E-state index contributed by atoms with van der Waals surface area (Å²) in [6.45, 7) is 5.35. The highest BCUT2D eigenvalue weighted by atomic mass is 35.5. The van der Waals surface area contributed by atoms with Gasteiger partial charge in [-0.1, -0.05) is 43.1 Å². The van der Waals surface area contributed by atoms with Gasteiger partial charge in [0.05, 0.1) is 10.0 Å². The number of halogens is 2. The van der Waals surface area contributed by atoms with Gasteiger partial charge in [0.2, 0.25) is 0 Å². The Hall–Kier alpha value is -0.990. The molecule has 0 unspecified atom stereocenters. The number of carbonyl (C=O) groups excluding carboxylic acids is 1. The number of allylic oxidation sites excluding steroid dienone is 1. The predicted octanol–water partition coefficient (Wildman–Crippen LogP) is 3.91. The van der Waals surface area contributed by atoms with Gasteiger partial charge in [-0.25, -0.2) is 0 Å². The fourth-order valence-corrected chi connectivity index (χ4v) is 2.11. The van der Waals surface area contributed by atoms with Gasteiger partial charge in [-0.2, -0.15) is 0 Å². The minimum atomic E-state index is -0.102. The lowest BCUT2D eigenvalue weighted by atomic mass is 9.98. The van der Waals surface area contributed by atoms with Gasteiger partial charge in [-0.3, -0.25) is 4.79 Å². The maximum absolute atomic E-state index is 11.9. The number of carbonyl (C=O) groups is 1. The molecular weight excluding hydrogens is 257 g/mol. The molecular formula is C13H15Cl2NO. The lowest BCUT2D eigenvalue weighted by Crippen LogP contribution is -2.13. The van der Waals surface area contributed by atoms with Crippen molar-refractivity contribution >= 4 is 34.7 Å². The molecule has 0 bridgehead atoms. The van der Waals surface area contributed by atoms with Crippen molar-refractivity contribution in [3.8, 4) is 0 Å². The molecule has 0 spiro atoms. The summed E-state index contributed by atoms with van der Waals surface area (Å²) >= 11 is 12.1. The van der Waals surface area contributed by atoms with Crippen LogP contribution in [0.3, 0.4) is 0 Å². The number of nitrogens with two attached hydrogens (primary N) is 1. The third-order valence-corrected chi connectivity index (χ3v) is 3.16. The molecule has 0 aliphatic rings. The van der Waals surface area contributed by atoms with Gasteiger partial charge in [0.15, 0.2) is 5.78 Å². The molecule has 1 aromatic rings. The third-order valence-electron chi connectivity index (χ3n) is 2.53. The van der Waals surface area contributed by atoms with Gasteiger partial charge < -0.3 is 5.73 Å². The summed E-state index contributed by atoms with van der Waals surface area (Å²) in [4.78, 5) is 11.9. The first-order valence-electron chi connectivity index (χ1n) is 5.31. The Labute approximate surface area is 111 Å². The Morgan fingerprint density at radius 3 is 2.12 bits per heavy atom. The first-order chi connectivity index (χ1) is 7.86. The SMILES string of the molecule is CC(C(=O)C(C)C)=C(N)c1c(Cl)cccc1Cl. The minimum absolute atomic E-state index is 0.00140. The summed E-state index contributed by atoms with van der Waals surface area (Å²) in [6, 6.07) is 5.13. The van der Waals surface area contributed by atoms with Crippen LogP contribution in [0.5, 0.6) is 0 Å². The number of rotatable bonds is 3. The van der Waals surface area contributed by atoms with Gasteiger partial charge in [0, 0.05) is 22.8 Å². The number of hydrogen-bond donors (Lipinski definition) is 1. The second-order valence-electron chi connectivity index (χ2n) is 4.15. The van der Waals surface area contributed by atoms with Gasteiger partial charge in [0.1, 0.15) is 0 Å². The largest absolute Gasteiger partial charge is 0.398 e. The molecule has 1 rings (SSSR count). The van der Waals surface area contributed by atoms with Gasteiger partial charge in [0.25, 0.3) is 0 Å². The number of benzene rings is 1. The van der Waals surface area contributed by atoms with E-state index in [1.165, 1.54) is 0 Å². The summed E-state index contributed by atoms with van der Waals surface area (Å²) in [5.41, 5.74) is 7.34. The van der Waals surface area contributed by atoms with E-state index in [4.69, 9.17) is 28.9 Å². The number of Topliss-reactive ketones (excluding diaryl/α,β-unsaturated/α-hetero) is 1. The number of hydrogen-bond acceptors (Lipinski definition) is 2. The van der Waals surface area contributed by atoms with E-state index < -0.39 is 0 Å². The van der Waals surface area contributed by atoms with Crippen molar-refractivity contribution in [2.45, 2.75) is 20.8 Å². The average molecular weight is 272 g/mol. The minimum Gasteiger partial charge on any atom is -0.398 e. The van der Waals surface area contributed by atoms with E-state index in [9.17, 15) is 4.79 Å². The molecule has 92 valence electrons. The van der Waals surface area contributed by atoms with Gasteiger partial charge in [-0.05, 0) is 19.1 Å². The first kappa shape index (κ1) is 14.1. The Kier molecular flexibility index (Phi) is 4.61. The molecule has 2 nitrogen and oxygen atoms in total. The molecule has 4 heteroatoms. The van der Waals surface area contributed by atoms with Crippen molar-refractivity contribution in [2.24, 2.45) is 11.7 Å². The van der Waals surface area contributed by atoms with Crippen molar-refractivity contribution < 1.29 is 4.79 Å². The van der Waals surface area contributed by atoms with Crippen LogP contribution in [0.15, 0.2) is 23.8 Å². The summed E-state index contributed by atoms with van der Waals surface area (Å²) < 4.78 is 0. The molecule has 0 amide bonds. The number of ketones is 1. The van der Waals surface area contributed by atoms with Crippen LogP contribution in [0.1, 0.15) is 26.3 Å². The van der Waals surface area contributed by atoms with Gasteiger partial charge in [-0.15, -0.1) is 0 Å². The Morgan fingerprint density at radius 2 is 1.71 bits per heavy atom. The topological polar surface area (TPSA) is 43.1 Å². The molecule has 0 aliphatic carbocycles. The fourth-order valence-electron chi connectivity index (χ4n) is 1.51. The molecule has 0 radical (unpaired) electrons. The van der Waals surface area contributed by atoms with Crippen LogP contribution >= 0.6 is 23.2 Å². The van der Waals surface area contributed by atoms with Crippen molar-refractivity contribution in [1.29, 1.82) is 0 Å². The van der Waals surface area contributed by atoms with Crippen LogP contribution in [0, 0.1) is 5.92 Å². The molecule has 2 N–H and O–H groups in total. The van der Waals surface area contributed by atoms with Gasteiger partial charge >= 0.3 is 0 Å². The third kappa shape index (κ3) is 3.02. The molecule has 0 heterocycles. The quantitative estimate of drug-likeness (QED) is 0.848. The summed E-state index contributed by atoms with van der Waals surface area (Å²) in [7, 11) is 0. The van der Waals surface area contributed by atoms with Crippen LogP contribution in [0.2, 0.25) is 10.0 Å². The average Bonchev–Trinajstić information content (AvgIpc) is 2.26. The van der Waals surface area contributed by atoms with Crippen molar-refractivity contribution in [3.63, 3.8) is 0 Å². The molecule has 0 saturated heterocycles. The molecule has 0 aliphatic heterocycles. The molecule has 17 heavy (non-hydrogen) atoms. The monoisotopic (exact) mass is 271 g/mol. The van der Waals surface area contributed by atoms with E-state index in [1.54, 1.807) is 25.1 Å². The zero-order valence-electron chi connectivity index (χ0n) is 10.1. The highest BCUT2D eigenvalue weighted by Crippen LogP contribution is 2.30. The first-order valence-corrected chi connectivity index (χ1v) is 6.06. The second-order valence-corrected chi connectivity index (χ2v) is 4.97. The van der Waals surface area contributed by atoms with Crippen LogP contribution < -0.4 is 5.73 Å². The smallest absolute Gasteiger partial charge is 0.163 e. The Morgan fingerprint density at radius 1 is 1.24 bits per heavy atom. The maximum atomic E-state index is 11.9. The maximum Gasteiger partial charge on any atom is 0.163 e. The van der Waals surface area contributed by atoms with E-state index in [-0.39, 0.29) is 11.7 Å². The van der Waals surface area contributed by atoms with E-state index in [2.05, 4.69) is 0 Å². The molecule has 0 fully saturated rings. The predicted molar refractivity (Wildman–Crippen MR) is 73.1 cm³/mol. The van der Waals surface area contributed by atoms with E-state index in [1.807, 2.05) is 13.8 Å². The van der Waals surface area contributed by atoms with E-state index >= 15 is 0 Å². The van der Waals surface area contributed by atoms with E-state index in [0.29, 0.717) is 26.9 Å². The highest BCUT2D eigenvalue weighted by molar-refractivity contribution is 6.37. The van der Waals surface area contributed by atoms with Crippen molar-refractivity contribution in [2.75, 3.05) is 0 Å². The standard InChI is InChI=1S/C13H15Cl2NO/c1-7(2)13(17)8(3)12(16)11-9(14)5-4-6-10(11)15/h4-7H,16H2,1-3H3. The summed E-state index contributed by atoms with van der Waals surface area (Å²) in [5, 5.41) is 0.900. The van der Waals surface area contributed by atoms with Crippen molar-refractivity contribution in [1.82, 2.24) is 0 Å². The molecule has 0 aromatic heterocycles. The molecule has 0 atom stereocenters. The normalized spacial score (nSPS) is 12.6. The highest BCUT2D eigenvalue weighted by Gasteiger charge is 2.17. The summed E-state index contributed by atoms with van der Waals surface area (Å²) in [6.07, 6.45) is 0. The lowest BCUT2D eigenvalue weighted by Gasteiger charge is -2.12. The second kappa shape index (κ2) is 5.56. The lowest BCUT2D eigenvalue weighted by molar-refractivity contribution is -0.118. The van der Waals surface area contributed by atoms with Crippen LogP contribution in [-0.2, 0) is 4.79 Å². The summed E-state index contributed by atoms with van der Waals surface area (Å²) in [5.74, 6) is -0.103. The van der Waals surface area contributed by atoms with Crippen molar-refractivity contribution in [3.05, 3.63) is 39.4 Å². The molecule has 1 aromatic carbocycles. The zero-order chi connectivity index (χ0) is 13.2. The van der Waals surface area contributed by atoms with Crippen LogP contribution in [0.4, 0.5) is 0 Å². The van der Waals surface area contributed by atoms with Crippen LogP contribution in [-0.4, -0.2) is 5.78 Å². The fraction of sp³-hybridized carbons (Fsp3) is 0.308. The Balaban J connectivity index is 3.33. The Bertz CT molecular complexity index is 458. The molecule has 0 saturated carbocycles. The van der Waals surface area contributed by atoms with Crippen LogP contribution in [0.25, 0.3) is 5.70 Å². The van der Waals surface area contributed by atoms with E-state index in [0.717, 1.165) is 0 Å². The zero-order valence-corrected chi connectivity index (χ0v) is 11.6.